The van der Waals surface area contributed by atoms with E-state index in [9.17, 15) is 0 Å². The van der Waals surface area contributed by atoms with Crippen molar-refractivity contribution in [3.63, 3.8) is 0 Å². The van der Waals surface area contributed by atoms with E-state index in [-0.39, 0.29) is 11.8 Å². The first-order valence-corrected chi connectivity index (χ1v) is 19.1. The summed E-state index contributed by atoms with van der Waals surface area (Å²) in [4.78, 5) is 7.53. The van der Waals surface area contributed by atoms with Crippen molar-refractivity contribution in [1.82, 2.24) is 0 Å². The number of para-hydroxylation sites is 6. The van der Waals surface area contributed by atoms with Crippen LogP contribution in [0.4, 0.5) is 45.5 Å². The summed E-state index contributed by atoms with van der Waals surface area (Å²) in [5, 5.41) is 0. The average molecular weight is 694 g/mol. The third-order valence-corrected chi connectivity index (χ3v) is 12.2. The third-order valence-electron chi connectivity index (χ3n) is 12.2. The van der Waals surface area contributed by atoms with Crippen molar-refractivity contribution in [3.05, 3.63) is 228 Å². The Bertz CT molecular complexity index is 2530. The van der Waals surface area contributed by atoms with E-state index in [4.69, 9.17) is 0 Å². The molecule has 1 spiro atoms. The highest BCUT2D eigenvalue weighted by Gasteiger charge is 2.54. The van der Waals surface area contributed by atoms with Gasteiger partial charge in [-0.2, -0.15) is 0 Å². The minimum absolute atomic E-state index is 0.179. The molecule has 2 atom stereocenters. The zero-order valence-electron chi connectivity index (χ0n) is 30.0. The maximum Gasteiger partial charge on any atom is 0.0582 e. The number of anilines is 8. The van der Waals surface area contributed by atoms with E-state index in [1.54, 1.807) is 0 Å². The first-order valence-electron chi connectivity index (χ1n) is 19.1. The van der Waals surface area contributed by atoms with E-state index in [2.05, 4.69) is 215 Å². The molecule has 3 heterocycles. The fraction of sp³-hybridized carbons (Fsp3) is 0.0980. The molecule has 7 aromatic rings. The van der Waals surface area contributed by atoms with Gasteiger partial charge in [0.25, 0.3) is 0 Å². The minimum atomic E-state index is -0.446. The van der Waals surface area contributed by atoms with Crippen molar-refractivity contribution in [3.8, 4) is 0 Å². The SMILES string of the molecule is C1=CC2CN(c3cccc(N4c5ccccc5Cc5ccccc54)c3)c3ccccc3C3(c4ccccc4N(c4ccccc4)c4ccccc43)C2C=C1. The molecular formula is C51H39N3. The number of allylic oxidation sites excluding steroid dienone is 3. The van der Waals surface area contributed by atoms with Gasteiger partial charge in [0.2, 0.25) is 0 Å². The molecule has 0 bridgehead atoms. The first kappa shape index (κ1) is 31.0. The van der Waals surface area contributed by atoms with E-state index >= 15 is 0 Å². The Balaban J connectivity index is 1.14. The van der Waals surface area contributed by atoms with Gasteiger partial charge in [-0.3, -0.25) is 0 Å². The van der Waals surface area contributed by atoms with Crippen LogP contribution >= 0.6 is 0 Å². The molecule has 54 heavy (non-hydrogen) atoms. The maximum absolute atomic E-state index is 2.60. The van der Waals surface area contributed by atoms with Crippen LogP contribution in [0.25, 0.3) is 0 Å². The van der Waals surface area contributed by atoms with Crippen molar-refractivity contribution in [2.45, 2.75) is 11.8 Å². The van der Waals surface area contributed by atoms with Crippen molar-refractivity contribution in [2.24, 2.45) is 11.8 Å². The Labute approximate surface area is 317 Å². The number of rotatable bonds is 3. The number of benzene rings is 7. The van der Waals surface area contributed by atoms with Crippen LogP contribution < -0.4 is 14.7 Å². The molecular weight excluding hydrogens is 655 g/mol. The highest BCUT2D eigenvalue weighted by Crippen LogP contribution is 2.63. The Morgan fingerprint density at radius 2 is 0.889 bits per heavy atom. The average Bonchev–Trinajstić information content (AvgIpc) is 3.37. The van der Waals surface area contributed by atoms with Crippen LogP contribution in [0.1, 0.15) is 27.8 Å². The van der Waals surface area contributed by atoms with Gasteiger partial charge in [0.15, 0.2) is 0 Å². The quantitative estimate of drug-likeness (QED) is 0.182. The topological polar surface area (TPSA) is 9.72 Å². The van der Waals surface area contributed by atoms with Gasteiger partial charge in [-0.1, -0.05) is 140 Å². The van der Waals surface area contributed by atoms with Crippen molar-refractivity contribution in [1.29, 1.82) is 0 Å². The molecule has 0 aromatic heterocycles. The molecule has 11 rings (SSSR count). The summed E-state index contributed by atoms with van der Waals surface area (Å²) in [6.07, 6.45) is 10.4. The minimum Gasteiger partial charge on any atom is -0.341 e. The molecule has 0 radical (unpaired) electrons. The van der Waals surface area contributed by atoms with Gasteiger partial charge in [0.05, 0.1) is 16.8 Å². The summed E-state index contributed by atoms with van der Waals surface area (Å²) in [7, 11) is 0. The molecule has 7 aromatic carbocycles. The summed E-state index contributed by atoms with van der Waals surface area (Å²) in [5.41, 5.74) is 16.0. The van der Waals surface area contributed by atoms with E-state index in [0.717, 1.165) is 13.0 Å². The predicted molar refractivity (Wildman–Crippen MR) is 224 cm³/mol. The number of hydrogen-bond acceptors (Lipinski definition) is 3. The Hall–Kier alpha value is -6.58. The van der Waals surface area contributed by atoms with Crippen LogP contribution in [0, 0.1) is 11.8 Å². The Kier molecular flexibility index (Phi) is 7.03. The molecule has 3 nitrogen and oxygen atoms in total. The largest absolute Gasteiger partial charge is 0.341 e. The smallest absolute Gasteiger partial charge is 0.0582 e. The van der Waals surface area contributed by atoms with Gasteiger partial charge in [0, 0.05) is 58.9 Å². The van der Waals surface area contributed by atoms with E-state index in [1.165, 1.54) is 73.3 Å². The van der Waals surface area contributed by atoms with Crippen LogP contribution in [-0.4, -0.2) is 6.54 Å². The lowest BCUT2D eigenvalue weighted by molar-refractivity contribution is 0.363. The third kappa shape index (κ3) is 4.48. The molecule has 258 valence electrons. The normalized spacial score (nSPS) is 18.5. The van der Waals surface area contributed by atoms with Crippen molar-refractivity contribution in [2.75, 3.05) is 21.2 Å². The van der Waals surface area contributed by atoms with Crippen LogP contribution in [0.3, 0.4) is 0 Å². The number of nitrogens with zero attached hydrogens (tertiary/aromatic N) is 3. The fourth-order valence-electron chi connectivity index (χ4n) is 10.0. The lowest BCUT2D eigenvalue weighted by Gasteiger charge is -2.50. The summed E-state index contributed by atoms with van der Waals surface area (Å²) >= 11 is 0. The second kappa shape index (κ2) is 12.2. The second-order valence-electron chi connectivity index (χ2n) is 14.9. The van der Waals surface area contributed by atoms with Gasteiger partial charge in [-0.05, 0) is 88.5 Å². The number of fused-ring (bicyclic) bond motifs is 10. The maximum atomic E-state index is 2.60. The molecule has 0 saturated heterocycles. The van der Waals surface area contributed by atoms with Gasteiger partial charge in [-0.25, -0.2) is 0 Å². The monoisotopic (exact) mass is 693 g/mol. The molecule has 4 aliphatic rings. The van der Waals surface area contributed by atoms with E-state index in [0.29, 0.717) is 0 Å². The standard InChI is InChI=1S/C51H39N3/c1-2-20-39(21-3-1)53-49-31-14-9-26-44(49)51(45-27-10-15-32-50(45)53)42-24-7-4-19-38(42)35-52(48-30-13-8-25-43(48)51)40-22-16-23-41(34-40)54-46-28-11-5-17-36(46)33-37-18-6-12-29-47(37)54/h1-32,34,38,42H,33,35H2. The second-order valence-corrected chi connectivity index (χ2v) is 14.9. The van der Waals surface area contributed by atoms with Crippen LogP contribution in [-0.2, 0) is 11.8 Å². The Morgan fingerprint density at radius 3 is 1.56 bits per heavy atom. The zero-order valence-corrected chi connectivity index (χ0v) is 30.0. The Morgan fingerprint density at radius 1 is 0.407 bits per heavy atom. The van der Waals surface area contributed by atoms with Gasteiger partial charge in [-0.15, -0.1) is 0 Å². The lowest BCUT2D eigenvalue weighted by Crippen LogP contribution is -2.44. The zero-order chi connectivity index (χ0) is 35.6. The highest BCUT2D eigenvalue weighted by atomic mass is 15.2. The summed E-state index contributed by atoms with van der Waals surface area (Å²) in [5.74, 6) is 0.421. The predicted octanol–water partition coefficient (Wildman–Crippen LogP) is 12.7. The molecule has 2 unspecified atom stereocenters. The fourth-order valence-corrected chi connectivity index (χ4v) is 10.0. The number of hydrogen-bond donors (Lipinski definition) is 0. The van der Waals surface area contributed by atoms with Gasteiger partial charge >= 0.3 is 0 Å². The molecule has 0 N–H and O–H groups in total. The molecule has 0 amide bonds. The molecule has 0 fully saturated rings. The molecule has 0 saturated carbocycles. The highest BCUT2D eigenvalue weighted by molar-refractivity contribution is 5.90. The summed E-state index contributed by atoms with van der Waals surface area (Å²) in [6, 6.07) is 65.3. The lowest BCUT2D eigenvalue weighted by atomic mass is 9.56. The van der Waals surface area contributed by atoms with Crippen LogP contribution in [0.2, 0.25) is 0 Å². The summed E-state index contributed by atoms with van der Waals surface area (Å²) in [6.45, 7) is 0.855. The van der Waals surface area contributed by atoms with Gasteiger partial charge < -0.3 is 14.7 Å². The molecule has 3 aliphatic heterocycles. The van der Waals surface area contributed by atoms with E-state index < -0.39 is 5.41 Å². The van der Waals surface area contributed by atoms with Crippen LogP contribution in [0.5, 0.6) is 0 Å². The van der Waals surface area contributed by atoms with E-state index in [1.807, 2.05) is 0 Å². The van der Waals surface area contributed by atoms with Gasteiger partial charge in [0.1, 0.15) is 0 Å². The molecule has 1 aliphatic carbocycles. The van der Waals surface area contributed by atoms with Crippen molar-refractivity contribution < 1.29 is 0 Å². The van der Waals surface area contributed by atoms with Crippen molar-refractivity contribution >= 4 is 45.5 Å². The summed E-state index contributed by atoms with van der Waals surface area (Å²) < 4.78 is 0. The first-order chi connectivity index (χ1) is 26.8. The molecule has 3 heteroatoms. The van der Waals surface area contributed by atoms with Crippen LogP contribution in [0.15, 0.2) is 200 Å².